The highest BCUT2D eigenvalue weighted by Gasteiger charge is 2.33. The third-order valence-corrected chi connectivity index (χ3v) is 5.64. The van der Waals surface area contributed by atoms with Crippen LogP contribution in [-0.2, 0) is 0 Å². The predicted octanol–water partition coefficient (Wildman–Crippen LogP) is 4.49. The van der Waals surface area contributed by atoms with Gasteiger partial charge in [0.2, 0.25) is 0 Å². The zero-order valence-corrected chi connectivity index (χ0v) is 17.5. The van der Waals surface area contributed by atoms with Crippen LogP contribution in [0.5, 0.6) is 5.75 Å². The number of nitrogens with one attached hydrogen (secondary N) is 1. The molecule has 5 heteroatoms. The quantitative estimate of drug-likeness (QED) is 0.629. The van der Waals surface area contributed by atoms with Crippen LogP contribution in [0.25, 0.3) is 0 Å². The first-order chi connectivity index (χ1) is 13.2. The maximum Gasteiger partial charge on any atom is 0.275 e. The minimum atomic E-state index is -0.291. The number of hydrogen-bond acceptors (Lipinski definition) is 4. The van der Waals surface area contributed by atoms with Crippen molar-refractivity contribution in [3.05, 3.63) is 58.7 Å². The molecule has 3 rings (SSSR count). The molecule has 1 atom stereocenters. The number of methoxy groups -OCH3 is 1. The molecule has 0 radical (unpaired) electrons. The molecule has 0 saturated carbocycles. The number of aryl methyl sites for hydroxylation is 1. The summed E-state index contributed by atoms with van der Waals surface area (Å²) in [5.41, 5.74) is 7.78. The lowest BCUT2D eigenvalue weighted by atomic mass is 9.80. The van der Waals surface area contributed by atoms with E-state index in [1.54, 1.807) is 19.4 Å². The fourth-order valence-electron chi connectivity index (χ4n) is 3.89. The van der Waals surface area contributed by atoms with E-state index < -0.39 is 0 Å². The Kier molecular flexibility index (Phi) is 5.45. The fourth-order valence-corrected chi connectivity index (χ4v) is 3.89. The Morgan fingerprint density at radius 3 is 2.75 bits per heavy atom. The maximum absolute atomic E-state index is 12.4. The van der Waals surface area contributed by atoms with Gasteiger partial charge in [0, 0.05) is 18.3 Å². The number of carbonyl (C=O) groups is 1. The molecule has 2 aromatic rings. The molecule has 0 saturated heterocycles. The molecule has 1 N–H and O–H groups in total. The molecule has 0 aliphatic carbocycles. The summed E-state index contributed by atoms with van der Waals surface area (Å²) >= 11 is 0. The van der Waals surface area contributed by atoms with E-state index >= 15 is 0 Å². The van der Waals surface area contributed by atoms with E-state index in [-0.39, 0.29) is 11.4 Å². The number of carbonyl (C=O) groups excluding carboxylic acids is 1. The predicted molar refractivity (Wildman–Crippen MR) is 115 cm³/mol. The average Bonchev–Trinajstić information content (AvgIpc) is 2.65. The number of amides is 1. The highest BCUT2D eigenvalue weighted by Crippen LogP contribution is 2.42. The normalized spacial score (nSPS) is 18.1. The number of rotatable bonds is 4. The van der Waals surface area contributed by atoms with Gasteiger partial charge < -0.3 is 9.64 Å². The van der Waals surface area contributed by atoms with Gasteiger partial charge in [-0.05, 0) is 74.1 Å². The lowest BCUT2D eigenvalue weighted by molar-refractivity contribution is 0.0952. The molecule has 2 aromatic carbocycles. The van der Waals surface area contributed by atoms with E-state index in [9.17, 15) is 4.79 Å². The van der Waals surface area contributed by atoms with Crippen molar-refractivity contribution >= 4 is 17.8 Å². The number of ether oxygens (including phenoxy) is 1. The molecule has 0 unspecified atom stereocenters. The Labute approximate surface area is 167 Å². The van der Waals surface area contributed by atoms with Crippen molar-refractivity contribution in [2.24, 2.45) is 5.10 Å². The topological polar surface area (TPSA) is 53.9 Å². The van der Waals surface area contributed by atoms with Crippen LogP contribution in [-0.4, -0.2) is 31.8 Å². The summed E-state index contributed by atoms with van der Waals surface area (Å²) in [5.74, 6) is 0.725. The average molecular weight is 380 g/mol. The third-order valence-electron chi connectivity index (χ3n) is 5.64. The summed E-state index contributed by atoms with van der Waals surface area (Å²) in [5, 5.41) is 4.14. The van der Waals surface area contributed by atoms with E-state index in [4.69, 9.17) is 4.74 Å². The number of hydrazone groups is 1. The summed E-state index contributed by atoms with van der Waals surface area (Å²) in [7, 11) is 3.70. The molecular formula is C23H29N3O2. The molecule has 0 bridgehead atoms. The summed E-state index contributed by atoms with van der Waals surface area (Å²) in [4.78, 5) is 14.8. The Balaban J connectivity index is 1.76. The van der Waals surface area contributed by atoms with E-state index in [2.05, 4.69) is 55.4 Å². The highest BCUT2D eigenvalue weighted by atomic mass is 16.5. The Morgan fingerprint density at radius 2 is 2.04 bits per heavy atom. The molecule has 0 aromatic heterocycles. The van der Waals surface area contributed by atoms with Gasteiger partial charge in [0.05, 0.1) is 18.9 Å². The summed E-state index contributed by atoms with van der Waals surface area (Å²) in [6.07, 6.45) is 2.78. The SMILES string of the molecule is COc1cc(C)ccc1C(=O)N/N=C\c1ccc2c(c1)[C@@H](C)CC(C)(C)N2C. The lowest BCUT2D eigenvalue weighted by Gasteiger charge is -2.45. The first-order valence-corrected chi connectivity index (χ1v) is 9.59. The van der Waals surface area contributed by atoms with Crippen LogP contribution in [0, 0.1) is 6.92 Å². The lowest BCUT2D eigenvalue weighted by Crippen LogP contribution is -2.45. The molecule has 0 spiro atoms. The Bertz CT molecular complexity index is 918. The standard InChI is InChI=1S/C23H29N3O2/c1-15-7-9-18(21(11-15)28-6)22(27)25-24-14-17-8-10-20-19(12-17)16(2)13-23(3,4)26(20)5/h7-12,14,16H,13H2,1-6H3,(H,25,27)/b24-14-/t16-/m0/s1. The number of benzene rings is 2. The number of nitrogens with zero attached hydrogens (tertiary/aromatic N) is 2. The highest BCUT2D eigenvalue weighted by molar-refractivity contribution is 5.97. The van der Waals surface area contributed by atoms with Crippen LogP contribution in [0.1, 0.15) is 60.2 Å². The molecule has 1 heterocycles. The van der Waals surface area contributed by atoms with E-state index in [1.807, 2.05) is 25.1 Å². The van der Waals surface area contributed by atoms with Crippen LogP contribution < -0.4 is 15.1 Å². The maximum atomic E-state index is 12.4. The first-order valence-electron chi connectivity index (χ1n) is 9.59. The van der Waals surface area contributed by atoms with Gasteiger partial charge in [0.1, 0.15) is 5.75 Å². The largest absolute Gasteiger partial charge is 0.496 e. The van der Waals surface area contributed by atoms with Gasteiger partial charge in [-0.2, -0.15) is 5.10 Å². The van der Waals surface area contributed by atoms with Crippen LogP contribution in [0.3, 0.4) is 0 Å². The van der Waals surface area contributed by atoms with Crippen LogP contribution in [0.4, 0.5) is 5.69 Å². The molecule has 5 nitrogen and oxygen atoms in total. The smallest absolute Gasteiger partial charge is 0.275 e. The van der Waals surface area contributed by atoms with Crippen LogP contribution in [0.15, 0.2) is 41.5 Å². The van der Waals surface area contributed by atoms with Crippen molar-refractivity contribution in [1.82, 2.24) is 5.43 Å². The number of fused-ring (bicyclic) bond motifs is 1. The zero-order valence-electron chi connectivity index (χ0n) is 17.5. The van der Waals surface area contributed by atoms with Crippen molar-refractivity contribution in [3.63, 3.8) is 0 Å². The van der Waals surface area contributed by atoms with E-state index in [0.29, 0.717) is 17.2 Å². The first kappa shape index (κ1) is 19.9. The number of anilines is 1. The molecule has 148 valence electrons. The second kappa shape index (κ2) is 7.66. The number of hydrogen-bond donors (Lipinski definition) is 1. The Morgan fingerprint density at radius 1 is 1.29 bits per heavy atom. The summed E-state index contributed by atoms with van der Waals surface area (Å²) in [6.45, 7) is 8.77. The van der Waals surface area contributed by atoms with Gasteiger partial charge in [-0.15, -0.1) is 0 Å². The second-order valence-electron chi connectivity index (χ2n) is 8.20. The molecule has 1 amide bonds. The van der Waals surface area contributed by atoms with Crippen molar-refractivity contribution in [1.29, 1.82) is 0 Å². The van der Waals surface area contributed by atoms with Crippen molar-refractivity contribution < 1.29 is 9.53 Å². The van der Waals surface area contributed by atoms with Crippen LogP contribution >= 0.6 is 0 Å². The van der Waals surface area contributed by atoms with E-state index in [1.165, 1.54) is 11.3 Å². The monoisotopic (exact) mass is 379 g/mol. The van der Waals surface area contributed by atoms with Gasteiger partial charge >= 0.3 is 0 Å². The minimum Gasteiger partial charge on any atom is -0.496 e. The van der Waals surface area contributed by atoms with Gasteiger partial charge in [-0.1, -0.05) is 19.1 Å². The van der Waals surface area contributed by atoms with Crippen LogP contribution in [0.2, 0.25) is 0 Å². The van der Waals surface area contributed by atoms with Gasteiger partial charge in [-0.3, -0.25) is 4.79 Å². The summed E-state index contributed by atoms with van der Waals surface area (Å²) < 4.78 is 5.30. The van der Waals surface area contributed by atoms with Crippen molar-refractivity contribution in [3.8, 4) is 5.75 Å². The summed E-state index contributed by atoms with van der Waals surface area (Å²) in [6, 6.07) is 11.8. The van der Waals surface area contributed by atoms with Gasteiger partial charge in [-0.25, -0.2) is 5.43 Å². The molecule has 1 aliphatic rings. The van der Waals surface area contributed by atoms with E-state index in [0.717, 1.165) is 17.5 Å². The molecule has 28 heavy (non-hydrogen) atoms. The second-order valence-corrected chi connectivity index (χ2v) is 8.20. The molecule has 1 aliphatic heterocycles. The minimum absolute atomic E-state index is 0.142. The fraction of sp³-hybridized carbons (Fsp3) is 0.391. The third kappa shape index (κ3) is 3.88. The van der Waals surface area contributed by atoms with Crippen molar-refractivity contribution in [2.75, 3.05) is 19.1 Å². The molecule has 0 fully saturated rings. The van der Waals surface area contributed by atoms with Crippen molar-refractivity contribution in [2.45, 2.75) is 45.6 Å². The zero-order chi connectivity index (χ0) is 20.5. The van der Waals surface area contributed by atoms with Gasteiger partial charge in [0.25, 0.3) is 5.91 Å². The Hall–Kier alpha value is -2.82. The molecular weight excluding hydrogens is 350 g/mol. The van der Waals surface area contributed by atoms with Gasteiger partial charge in [0.15, 0.2) is 0 Å².